The normalized spacial score (nSPS) is 13.9. The van der Waals surface area contributed by atoms with Crippen LogP contribution in [-0.4, -0.2) is 11.0 Å². The lowest BCUT2D eigenvalue weighted by atomic mass is 9.93. The molecule has 0 saturated carbocycles. The highest BCUT2D eigenvalue weighted by Crippen LogP contribution is 2.24. The van der Waals surface area contributed by atoms with Gasteiger partial charge in [-0.05, 0) is 6.42 Å². The molecule has 0 aliphatic carbocycles. The van der Waals surface area contributed by atoms with Crippen molar-refractivity contribution in [2.24, 2.45) is 5.84 Å². The quantitative estimate of drug-likeness (QED) is 0.607. The summed E-state index contributed by atoms with van der Waals surface area (Å²) in [7, 11) is 0. The summed E-state index contributed by atoms with van der Waals surface area (Å²) in [5.41, 5.74) is 4.23. The van der Waals surface area contributed by atoms with Crippen molar-refractivity contribution < 1.29 is 0 Å². The molecule has 0 fully saturated rings. The van der Waals surface area contributed by atoms with Gasteiger partial charge in [-0.15, -0.1) is 11.3 Å². The fraction of sp³-hybridized carbons (Fsp3) is 0.769. The standard InChI is InChI=1S/C13H25N3S/c1-5-6-7-10(16-14)8-12-15-11(9-17-12)13(2,3)4/h9-10,16H,5-8,14H2,1-4H3. The Bertz CT molecular complexity index is 328. The van der Waals surface area contributed by atoms with E-state index in [-0.39, 0.29) is 5.41 Å². The Balaban J connectivity index is 2.58. The number of hydrazine groups is 1. The molecule has 1 unspecified atom stereocenters. The third-order valence-corrected chi connectivity index (χ3v) is 3.75. The second-order valence-corrected chi connectivity index (χ2v) is 6.53. The second-order valence-electron chi connectivity index (χ2n) is 5.59. The van der Waals surface area contributed by atoms with E-state index in [9.17, 15) is 0 Å². The SMILES string of the molecule is CCCCC(Cc1nc(C(C)(C)C)cs1)NN. The van der Waals surface area contributed by atoms with Crippen molar-refractivity contribution in [1.82, 2.24) is 10.4 Å². The van der Waals surface area contributed by atoms with Crippen LogP contribution in [0.3, 0.4) is 0 Å². The minimum atomic E-state index is 0.143. The van der Waals surface area contributed by atoms with E-state index in [1.165, 1.54) is 23.5 Å². The molecule has 0 amide bonds. The van der Waals surface area contributed by atoms with Crippen LogP contribution in [0.4, 0.5) is 0 Å². The van der Waals surface area contributed by atoms with Crippen LogP contribution in [0.25, 0.3) is 0 Å². The molecule has 0 aliphatic rings. The lowest BCUT2D eigenvalue weighted by Gasteiger charge is -2.15. The van der Waals surface area contributed by atoms with Crippen LogP contribution in [-0.2, 0) is 11.8 Å². The molecule has 0 radical (unpaired) electrons. The number of hydrogen-bond acceptors (Lipinski definition) is 4. The topological polar surface area (TPSA) is 50.9 Å². The molecule has 1 rings (SSSR count). The fourth-order valence-corrected chi connectivity index (χ4v) is 2.76. The van der Waals surface area contributed by atoms with Gasteiger partial charge in [-0.2, -0.15) is 0 Å². The van der Waals surface area contributed by atoms with E-state index in [0.29, 0.717) is 6.04 Å². The summed E-state index contributed by atoms with van der Waals surface area (Å²) in [6.45, 7) is 8.79. The molecule has 98 valence electrons. The molecular formula is C13H25N3S. The number of aromatic nitrogens is 1. The Morgan fingerprint density at radius 2 is 2.18 bits per heavy atom. The van der Waals surface area contributed by atoms with Gasteiger partial charge in [-0.1, -0.05) is 40.5 Å². The Morgan fingerprint density at radius 3 is 2.65 bits per heavy atom. The van der Waals surface area contributed by atoms with Crippen LogP contribution in [0.2, 0.25) is 0 Å². The van der Waals surface area contributed by atoms with Gasteiger partial charge >= 0.3 is 0 Å². The summed E-state index contributed by atoms with van der Waals surface area (Å²) in [6.07, 6.45) is 4.49. The third kappa shape index (κ3) is 4.74. The first kappa shape index (κ1) is 14.6. The Kier molecular flexibility index (Phi) is 5.56. The molecule has 0 spiro atoms. The lowest BCUT2D eigenvalue weighted by molar-refractivity contribution is 0.471. The van der Waals surface area contributed by atoms with Gasteiger partial charge in [0.25, 0.3) is 0 Å². The van der Waals surface area contributed by atoms with Crippen molar-refractivity contribution in [1.29, 1.82) is 0 Å². The minimum Gasteiger partial charge on any atom is -0.271 e. The molecule has 0 bridgehead atoms. The zero-order valence-corrected chi connectivity index (χ0v) is 12.2. The summed E-state index contributed by atoms with van der Waals surface area (Å²) in [6, 6.07) is 0.355. The molecule has 1 aromatic rings. The molecule has 0 saturated heterocycles. The smallest absolute Gasteiger partial charge is 0.0944 e. The number of nitrogens with two attached hydrogens (primary N) is 1. The van der Waals surface area contributed by atoms with E-state index in [1.807, 2.05) is 0 Å². The van der Waals surface area contributed by atoms with Gasteiger partial charge in [0.15, 0.2) is 0 Å². The predicted molar refractivity (Wildman–Crippen MR) is 75.2 cm³/mol. The highest BCUT2D eigenvalue weighted by atomic mass is 32.1. The zero-order chi connectivity index (χ0) is 12.9. The molecule has 1 atom stereocenters. The van der Waals surface area contributed by atoms with Crippen molar-refractivity contribution in [3.63, 3.8) is 0 Å². The van der Waals surface area contributed by atoms with E-state index < -0.39 is 0 Å². The predicted octanol–water partition coefficient (Wildman–Crippen LogP) is 3.01. The number of nitrogens with zero attached hydrogens (tertiary/aromatic N) is 1. The van der Waals surface area contributed by atoms with Crippen molar-refractivity contribution >= 4 is 11.3 Å². The number of hydrogen-bond donors (Lipinski definition) is 2. The molecule has 0 aromatic carbocycles. The van der Waals surface area contributed by atoms with Crippen LogP contribution in [0.5, 0.6) is 0 Å². The van der Waals surface area contributed by atoms with Gasteiger partial charge in [0.2, 0.25) is 0 Å². The lowest BCUT2D eigenvalue weighted by Crippen LogP contribution is -2.36. The number of nitrogens with one attached hydrogen (secondary N) is 1. The summed E-state index contributed by atoms with van der Waals surface area (Å²) in [5, 5.41) is 3.36. The van der Waals surface area contributed by atoms with Crippen LogP contribution in [0.15, 0.2) is 5.38 Å². The van der Waals surface area contributed by atoms with E-state index in [2.05, 4.69) is 38.5 Å². The molecule has 4 heteroatoms. The summed E-state index contributed by atoms with van der Waals surface area (Å²) in [4.78, 5) is 4.70. The molecule has 3 nitrogen and oxygen atoms in total. The van der Waals surface area contributed by atoms with E-state index >= 15 is 0 Å². The van der Waals surface area contributed by atoms with Crippen molar-refractivity contribution in [3.05, 3.63) is 16.1 Å². The molecule has 1 heterocycles. The van der Waals surface area contributed by atoms with E-state index in [0.717, 1.165) is 12.8 Å². The maximum absolute atomic E-state index is 5.58. The van der Waals surface area contributed by atoms with E-state index in [1.54, 1.807) is 11.3 Å². The minimum absolute atomic E-state index is 0.143. The van der Waals surface area contributed by atoms with Crippen molar-refractivity contribution in [2.45, 2.75) is 64.8 Å². The van der Waals surface area contributed by atoms with Crippen LogP contribution in [0.1, 0.15) is 57.7 Å². The highest BCUT2D eigenvalue weighted by Gasteiger charge is 2.18. The number of rotatable bonds is 6. The number of thiazole rings is 1. The zero-order valence-electron chi connectivity index (χ0n) is 11.4. The van der Waals surface area contributed by atoms with Crippen LogP contribution in [0, 0.1) is 0 Å². The van der Waals surface area contributed by atoms with Crippen molar-refractivity contribution in [3.8, 4) is 0 Å². The third-order valence-electron chi connectivity index (χ3n) is 2.88. The molecular weight excluding hydrogens is 230 g/mol. The second kappa shape index (κ2) is 6.47. The maximum atomic E-state index is 5.58. The Hall–Kier alpha value is -0.450. The average molecular weight is 255 g/mol. The molecule has 0 aliphatic heterocycles. The van der Waals surface area contributed by atoms with Gasteiger partial charge < -0.3 is 0 Å². The van der Waals surface area contributed by atoms with Crippen LogP contribution >= 0.6 is 11.3 Å². The van der Waals surface area contributed by atoms with Gasteiger partial charge in [0.05, 0.1) is 10.7 Å². The summed E-state index contributed by atoms with van der Waals surface area (Å²) in [5.74, 6) is 5.58. The first-order valence-electron chi connectivity index (χ1n) is 6.38. The van der Waals surface area contributed by atoms with Crippen LogP contribution < -0.4 is 11.3 Å². The largest absolute Gasteiger partial charge is 0.271 e. The average Bonchev–Trinajstić information content (AvgIpc) is 2.72. The molecule has 17 heavy (non-hydrogen) atoms. The van der Waals surface area contributed by atoms with Gasteiger partial charge in [-0.3, -0.25) is 11.3 Å². The first-order valence-corrected chi connectivity index (χ1v) is 7.26. The van der Waals surface area contributed by atoms with Gasteiger partial charge in [0.1, 0.15) is 0 Å². The van der Waals surface area contributed by atoms with Gasteiger partial charge in [0, 0.05) is 23.3 Å². The molecule has 3 N–H and O–H groups in total. The Labute approximate surface area is 109 Å². The van der Waals surface area contributed by atoms with Crippen molar-refractivity contribution in [2.75, 3.05) is 0 Å². The Morgan fingerprint density at radius 1 is 1.47 bits per heavy atom. The number of unbranched alkanes of at least 4 members (excludes halogenated alkanes) is 1. The summed E-state index contributed by atoms with van der Waals surface area (Å²) >= 11 is 1.75. The first-order chi connectivity index (χ1) is 7.97. The highest BCUT2D eigenvalue weighted by molar-refractivity contribution is 7.09. The monoisotopic (exact) mass is 255 g/mol. The van der Waals surface area contributed by atoms with Gasteiger partial charge in [-0.25, -0.2) is 4.98 Å². The van der Waals surface area contributed by atoms with E-state index in [4.69, 9.17) is 10.8 Å². The summed E-state index contributed by atoms with van der Waals surface area (Å²) < 4.78 is 0. The maximum Gasteiger partial charge on any atom is 0.0944 e. The molecule has 1 aromatic heterocycles. The fourth-order valence-electron chi connectivity index (χ4n) is 1.65.